The zero-order valence-electron chi connectivity index (χ0n) is 7.94. The lowest BCUT2D eigenvalue weighted by molar-refractivity contribution is 0.199. The minimum absolute atomic E-state index is 0.255. The SMILES string of the molecule is CC(O)c1ccc2cccc(O)c2c1. The van der Waals surface area contributed by atoms with Crippen LogP contribution >= 0.6 is 0 Å². The summed E-state index contributed by atoms with van der Waals surface area (Å²) in [7, 11) is 0. The maximum atomic E-state index is 9.60. The van der Waals surface area contributed by atoms with Crippen LogP contribution in [0.5, 0.6) is 5.75 Å². The van der Waals surface area contributed by atoms with E-state index in [0.29, 0.717) is 0 Å². The van der Waals surface area contributed by atoms with Crippen LogP contribution < -0.4 is 0 Å². The molecule has 2 aromatic rings. The van der Waals surface area contributed by atoms with E-state index in [1.807, 2.05) is 24.3 Å². The van der Waals surface area contributed by atoms with Crippen LogP contribution in [0, 0.1) is 0 Å². The van der Waals surface area contributed by atoms with Crippen LogP contribution in [0.4, 0.5) is 0 Å². The van der Waals surface area contributed by atoms with E-state index in [4.69, 9.17) is 0 Å². The highest BCUT2D eigenvalue weighted by Gasteiger charge is 2.03. The fraction of sp³-hybridized carbons (Fsp3) is 0.167. The molecule has 0 radical (unpaired) electrons. The molecule has 2 N–H and O–H groups in total. The third-order valence-electron chi connectivity index (χ3n) is 2.37. The van der Waals surface area contributed by atoms with Gasteiger partial charge in [0.1, 0.15) is 5.75 Å². The average Bonchev–Trinajstić information content (AvgIpc) is 2.18. The summed E-state index contributed by atoms with van der Waals surface area (Å²) < 4.78 is 0. The molecule has 0 heterocycles. The van der Waals surface area contributed by atoms with Gasteiger partial charge in [0.25, 0.3) is 0 Å². The van der Waals surface area contributed by atoms with Crippen molar-refractivity contribution in [1.29, 1.82) is 0 Å². The van der Waals surface area contributed by atoms with E-state index < -0.39 is 6.10 Å². The Bertz CT molecular complexity index is 461. The molecule has 14 heavy (non-hydrogen) atoms. The first kappa shape index (κ1) is 9.03. The molecule has 1 unspecified atom stereocenters. The van der Waals surface area contributed by atoms with Crippen molar-refractivity contribution >= 4 is 10.8 Å². The van der Waals surface area contributed by atoms with Crippen molar-refractivity contribution in [2.45, 2.75) is 13.0 Å². The van der Waals surface area contributed by atoms with Crippen LogP contribution in [0.15, 0.2) is 36.4 Å². The molecule has 2 rings (SSSR count). The number of benzene rings is 2. The minimum Gasteiger partial charge on any atom is -0.507 e. The fourth-order valence-corrected chi connectivity index (χ4v) is 1.53. The molecule has 0 aliphatic carbocycles. The number of hydrogen-bond acceptors (Lipinski definition) is 2. The van der Waals surface area contributed by atoms with E-state index in [9.17, 15) is 10.2 Å². The van der Waals surface area contributed by atoms with Crippen molar-refractivity contribution in [3.05, 3.63) is 42.0 Å². The highest BCUT2D eigenvalue weighted by molar-refractivity contribution is 5.88. The molecule has 72 valence electrons. The number of aliphatic hydroxyl groups excluding tert-OH is 1. The fourth-order valence-electron chi connectivity index (χ4n) is 1.53. The van der Waals surface area contributed by atoms with Gasteiger partial charge in [-0.25, -0.2) is 0 Å². The molecule has 0 aromatic heterocycles. The van der Waals surface area contributed by atoms with Crippen molar-refractivity contribution in [2.75, 3.05) is 0 Å². The summed E-state index contributed by atoms with van der Waals surface area (Å²) in [6, 6.07) is 11.0. The third kappa shape index (κ3) is 1.44. The highest BCUT2D eigenvalue weighted by atomic mass is 16.3. The third-order valence-corrected chi connectivity index (χ3v) is 2.37. The largest absolute Gasteiger partial charge is 0.507 e. The summed E-state index contributed by atoms with van der Waals surface area (Å²) >= 11 is 0. The Morgan fingerprint density at radius 3 is 2.64 bits per heavy atom. The van der Waals surface area contributed by atoms with Crippen molar-refractivity contribution in [2.24, 2.45) is 0 Å². The standard InChI is InChI=1S/C12H12O2/c1-8(13)10-6-5-9-3-2-4-12(14)11(9)7-10/h2-8,13-14H,1H3. The lowest BCUT2D eigenvalue weighted by Crippen LogP contribution is -1.90. The van der Waals surface area contributed by atoms with Crippen LogP contribution in [0.3, 0.4) is 0 Å². The van der Waals surface area contributed by atoms with E-state index >= 15 is 0 Å². The van der Waals surface area contributed by atoms with Gasteiger partial charge in [-0.05, 0) is 30.0 Å². The first-order chi connectivity index (χ1) is 6.68. The monoisotopic (exact) mass is 188 g/mol. The van der Waals surface area contributed by atoms with Gasteiger partial charge in [0.2, 0.25) is 0 Å². The second-order valence-electron chi connectivity index (χ2n) is 3.43. The maximum Gasteiger partial charge on any atom is 0.123 e. The summed E-state index contributed by atoms with van der Waals surface area (Å²) in [6.45, 7) is 1.71. The lowest BCUT2D eigenvalue weighted by atomic mass is 10.0. The van der Waals surface area contributed by atoms with Gasteiger partial charge in [0.15, 0.2) is 0 Å². The zero-order chi connectivity index (χ0) is 10.1. The van der Waals surface area contributed by atoms with Crippen LogP contribution in [-0.4, -0.2) is 10.2 Å². The quantitative estimate of drug-likeness (QED) is 0.722. The molecule has 0 amide bonds. The molecule has 1 atom stereocenters. The Kier molecular flexibility index (Phi) is 2.14. The van der Waals surface area contributed by atoms with E-state index in [-0.39, 0.29) is 5.75 Å². The first-order valence-electron chi connectivity index (χ1n) is 4.58. The second-order valence-corrected chi connectivity index (χ2v) is 3.43. The van der Waals surface area contributed by atoms with E-state index in [2.05, 4.69) is 0 Å². The minimum atomic E-state index is -0.501. The molecule has 2 heteroatoms. The average molecular weight is 188 g/mol. The first-order valence-corrected chi connectivity index (χ1v) is 4.58. The maximum absolute atomic E-state index is 9.60. The van der Waals surface area contributed by atoms with Crippen LogP contribution in [0.25, 0.3) is 10.8 Å². The number of hydrogen-bond donors (Lipinski definition) is 2. The predicted molar refractivity (Wildman–Crippen MR) is 56.2 cm³/mol. The Labute approximate surface area is 82.4 Å². The molecule has 0 fully saturated rings. The molecule has 0 aliphatic rings. The topological polar surface area (TPSA) is 40.5 Å². The van der Waals surface area contributed by atoms with E-state index in [1.54, 1.807) is 19.1 Å². The molecule has 0 bridgehead atoms. The van der Waals surface area contributed by atoms with E-state index in [1.165, 1.54) is 0 Å². The van der Waals surface area contributed by atoms with Gasteiger partial charge < -0.3 is 10.2 Å². The van der Waals surface area contributed by atoms with Gasteiger partial charge in [0, 0.05) is 5.39 Å². The number of aliphatic hydroxyl groups is 1. The number of rotatable bonds is 1. The summed E-state index contributed by atoms with van der Waals surface area (Å²) in [6.07, 6.45) is -0.501. The Hall–Kier alpha value is -1.54. The summed E-state index contributed by atoms with van der Waals surface area (Å²) in [5.41, 5.74) is 0.819. The summed E-state index contributed by atoms with van der Waals surface area (Å²) in [5, 5.41) is 20.8. The van der Waals surface area contributed by atoms with Crippen molar-refractivity contribution in [3.63, 3.8) is 0 Å². The number of fused-ring (bicyclic) bond motifs is 1. The molecule has 2 nitrogen and oxygen atoms in total. The van der Waals surface area contributed by atoms with Crippen LogP contribution in [0.1, 0.15) is 18.6 Å². The zero-order valence-corrected chi connectivity index (χ0v) is 7.94. The lowest BCUT2D eigenvalue weighted by Gasteiger charge is -2.06. The number of phenols is 1. The summed E-state index contributed by atoms with van der Waals surface area (Å²) in [4.78, 5) is 0. The van der Waals surface area contributed by atoms with Gasteiger partial charge in [-0.15, -0.1) is 0 Å². The molecule has 0 spiro atoms. The van der Waals surface area contributed by atoms with Crippen molar-refractivity contribution < 1.29 is 10.2 Å². The molecular weight excluding hydrogens is 176 g/mol. The summed E-state index contributed by atoms with van der Waals surface area (Å²) in [5.74, 6) is 0.255. The molecule has 0 aliphatic heterocycles. The predicted octanol–water partition coefficient (Wildman–Crippen LogP) is 2.60. The van der Waals surface area contributed by atoms with Crippen LogP contribution in [-0.2, 0) is 0 Å². The smallest absolute Gasteiger partial charge is 0.123 e. The van der Waals surface area contributed by atoms with Gasteiger partial charge in [-0.3, -0.25) is 0 Å². The highest BCUT2D eigenvalue weighted by Crippen LogP contribution is 2.27. The normalized spacial score (nSPS) is 13.0. The van der Waals surface area contributed by atoms with Gasteiger partial charge in [-0.1, -0.05) is 24.3 Å². The van der Waals surface area contributed by atoms with Crippen molar-refractivity contribution in [1.82, 2.24) is 0 Å². The van der Waals surface area contributed by atoms with Crippen molar-refractivity contribution in [3.8, 4) is 5.75 Å². The molecule has 0 saturated carbocycles. The number of phenolic OH excluding ortho intramolecular Hbond substituents is 1. The van der Waals surface area contributed by atoms with Crippen LogP contribution in [0.2, 0.25) is 0 Å². The number of aromatic hydroxyl groups is 1. The molecule has 2 aromatic carbocycles. The van der Waals surface area contributed by atoms with Gasteiger partial charge in [0.05, 0.1) is 6.10 Å². The van der Waals surface area contributed by atoms with E-state index in [0.717, 1.165) is 16.3 Å². The Morgan fingerprint density at radius 2 is 1.93 bits per heavy atom. The Balaban J connectivity index is 2.70. The van der Waals surface area contributed by atoms with Gasteiger partial charge >= 0.3 is 0 Å². The second kappa shape index (κ2) is 3.31. The molecule has 0 saturated heterocycles. The van der Waals surface area contributed by atoms with Gasteiger partial charge in [-0.2, -0.15) is 0 Å². The molecular formula is C12H12O2. The Morgan fingerprint density at radius 1 is 1.14 bits per heavy atom.